The highest BCUT2D eigenvalue weighted by Crippen LogP contribution is 2.43. The average Bonchev–Trinajstić information content (AvgIpc) is 2.70. The molecule has 2 aromatic carbocycles. The van der Waals surface area contributed by atoms with Crippen LogP contribution in [0.4, 0.5) is 0 Å². The lowest BCUT2D eigenvalue weighted by Crippen LogP contribution is -2.48. The standard InChI is InChI=1S/C17H17NO2/c1-12(2)18-16(19)14-10-6-7-11-15(14)17(18,20)13-8-4-3-5-9-13/h3-12,20H,1-2H3/t17-/m1/s1. The van der Waals surface area contributed by atoms with Crippen molar-refractivity contribution in [1.29, 1.82) is 0 Å². The van der Waals surface area contributed by atoms with Crippen molar-refractivity contribution >= 4 is 5.91 Å². The van der Waals surface area contributed by atoms with Gasteiger partial charge in [-0.3, -0.25) is 9.69 Å². The summed E-state index contributed by atoms with van der Waals surface area (Å²) in [7, 11) is 0. The summed E-state index contributed by atoms with van der Waals surface area (Å²) in [5.41, 5.74) is 0.563. The van der Waals surface area contributed by atoms with Gasteiger partial charge in [0.15, 0.2) is 5.72 Å². The van der Waals surface area contributed by atoms with Crippen molar-refractivity contribution in [3.8, 4) is 0 Å². The second-order valence-corrected chi connectivity index (χ2v) is 5.35. The zero-order valence-electron chi connectivity index (χ0n) is 11.6. The molecule has 1 N–H and O–H groups in total. The summed E-state index contributed by atoms with van der Waals surface area (Å²) in [5, 5.41) is 11.3. The van der Waals surface area contributed by atoms with Crippen LogP contribution in [0.25, 0.3) is 0 Å². The van der Waals surface area contributed by atoms with E-state index in [-0.39, 0.29) is 11.9 Å². The number of amides is 1. The molecule has 0 spiro atoms. The molecule has 0 bridgehead atoms. The van der Waals surface area contributed by atoms with Gasteiger partial charge in [0.25, 0.3) is 5.91 Å². The molecule has 1 aliphatic rings. The van der Waals surface area contributed by atoms with E-state index in [1.54, 1.807) is 11.0 Å². The molecule has 1 atom stereocenters. The highest BCUT2D eigenvalue weighted by atomic mass is 16.3. The summed E-state index contributed by atoms with van der Waals surface area (Å²) in [6.07, 6.45) is 0. The first kappa shape index (κ1) is 12.9. The molecule has 0 unspecified atom stereocenters. The first-order valence-electron chi connectivity index (χ1n) is 6.78. The number of hydrogen-bond acceptors (Lipinski definition) is 2. The van der Waals surface area contributed by atoms with Gasteiger partial charge in [-0.25, -0.2) is 0 Å². The lowest BCUT2D eigenvalue weighted by atomic mass is 9.93. The summed E-state index contributed by atoms with van der Waals surface area (Å²) in [4.78, 5) is 14.1. The van der Waals surface area contributed by atoms with E-state index in [2.05, 4.69) is 0 Å². The quantitative estimate of drug-likeness (QED) is 0.909. The summed E-state index contributed by atoms with van der Waals surface area (Å²) < 4.78 is 0. The third-order valence-electron chi connectivity index (χ3n) is 3.79. The molecule has 1 amide bonds. The molecule has 102 valence electrons. The van der Waals surface area contributed by atoms with Crippen molar-refractivity contribution in [2.24, 2.45) is 0 Å². The number of fused-ring (bicyclic) bond motifs is 1. The molecule has 20 heavy (non-hydrogen) atoms. The van der Waals surface area contributed by atoms with Crippen LogP contribution in [0.15, 0.2) is 54.6 Å². The number of carbonyl (C=O) groups excluding carboxylic acids is 1. The number of hydrogen-bond donors (Lipinski definition) is 1. The van der Waals surface area contributed by atoms with Crippen LogP contribution < -0.4 is 0 Å². The van der Waals surface area contributed by atoms with Gasteiger partial charge in [-0.05, 0) is 19.9 Å². The first-order chi connectivity index (χ1) is 9.56. The number of carbonyl (C=O) groups is 1. The van der Waals surface area contributed by atoms with Crippen LogP contribution in [-0.2, 0) is 5.72 Å². The fourth-order valence-corrected chi connectivity index (χ4v) is 2.95. The Hall–Kier alpha value is -2.13. The van der Waals surface area contributed by atoms with E-state index < -0.39 is 5.72 Å². The van der Waals surface area contributed by atoms with Crippen molar-refractivity contribution < 1.29 is 9.90 Å². The number of benzene rings is 2. The smallest absolute Gasteiger partial charge is 0.257 e. The normalized spacial score (nSPS) is 21.4. The molecule has 0 radical (unpaired) electrons. The minimum atomic E-state index is -1.39. The van der Waals surface area contributed by atoms with Gasteiger partial charge in [-0.1, -0.05) is 48.5 Å². The molecule has 3 rings (SSSR count). The van der Waals surface area contributed by atoms with Crippen molar-refractivity contribution in [2.75, 3.05) is 0 Å². The van der Waals surface area contributed by atoms with E-state index >= 15 is 0 Å². The van der Waals surface area contributed by atoms with Crippen LogP contribution in [0, 0.1) is 0 Å². The zero-order chi connectivity index (χ0) is 14.3. The number of nitrogens with zero attached hydrogens (tertiary/aromatic N) is 1. The Morgan fingerprint density at radius 2 is 1.60 bits per heavy atom. The van der Waals surface area contributed by atoms with Gasteiger partial charge >= 0.3 is 0 Å². The van der Waals surface area contributed by atoms with E-state index in [1.807, 2.05) is 62.4 Å². The summed E-state index contributed by atoms with van der Waals surface area (Å²) in [6.45, 7) is 3.83. The molecule has 1 heterocycles. The molecule has 0 aromatic heterocycles. The van der Waals surface area contributed by atoms with Gasteiger partial charge in [-0.2, -0.15) is 0 Å². The zero-order valence-corrected chi connectivity index (χ0v) is 11.6. The van der Waals surface area contributed by atoms with E-state index in [1.165, 1.54) is 0 Å². The first-order valence-corrected chi connectivity index (χ1v) is 6.78. The van der Waals surface area contributed by atoms with Crippen molar-refractivity contribution in [1.82, 2.24) is 4.90 Å². The highest BCUT2D eigenvalue weighted by molar-refractivity contribution is 6.00. The summed E-state index contributed by atoms with van der Waals surface area (Å²) in [6, 6.07) is 16.5. The third-order valence-corrected chi connectivity index (χ3v) is 3.79. The minimum absolute atomic E-state index is 0.0971. The van der Waals surface area contributed by atoms with Crippen LogP contribution in [0.2, 0.25) is 0 Å². The Labute approximate surface area is 118 Å². The van der Waals surface area contributed by atoms with Gasteiger partial charge in [-0.15, -0.1) is 0 Å². The topological polar surface area (TPSA) is 40.5 Å². The van der Waals surface area contributed by atoms with Crippen molar-refractivity contribution in [2.45, 2.75) is 25.6 Å². The molecule has 0 fully saturated rings. The summed E-state index contributed by atoms with van der Waals surface area (Å²) >= 11 is 0. The van der Waals surface area contributed by atoms with Crippen LogP contribution in [-0.4, -0.2) is 22.0 Å². The van der Waals surface area contributed by atoms with Crippen LogP contribution >= 0.6 is 0 Å². The SMILES string of the molecule is CC(C)N1C(=O)c2ccccc2[C@]1(O)c1ccccc1. The number of rotatable bonds is 2. The summed E-state index contributed by atoms with van der Waals surface area (Å²) in [5.74, 6) is -0.123. The maximum Gasteiger partial charge on any atom is 0.257 e. The van der Waals surface area contributed by atoms with Gasteiger partial charge in [0.2, 0.25) is 0 Å². The van der Waals surface area contributed by atoms with E-state index in [0.29, 0.717) is 16.7 Å². The Bertz CT molecular complexity index is 651. The predicted molar refractivity (Wildman–Crippen MR) is 77.2 cm³/mol. The third kappa shape index (κ3) is 1.60. The molecular formula is C17H17NO2. The Morgan fingerprint density at radius 3 is 2.25 bits per heavy atom. The average molecular weight is 267 g/mol. The minimum Gasteiger partial charge on any atom is -0.363 e. The molecule has 0 saturated heterocycles. The highest BCUT2D eigenvalue weighted by Gasteiger charge is 2.50. The predicted octanol–water partition coefficient (Wildman–Crippen LogP) is 2.74. The fourth-order valence-electron chi connectivity index (χ4n) is 2.95. The molecule has 0 aliphatic carbocycles. The molecule has 3 heteroatoms. The van der Waals surface area contributed by atoms with E-state index in [4.69, 9.17) is 0 Å². The van der Waals surface area contributed by atoms with Crippen LogP contribution in [0.5, 0.6) is 0 Å². The maximum atomic E-state index is 12.6. The molecular weight excluding hydrogens is 250 g/mol. The molecule has 2 aromatic rings. The van der Waals surface area contributed by atoms with Gasteiger partial charge < -0.3 is 5.11 Å². The Kier molecular flexibility index (Phi) is 2.87. The second-order valence-electron chi connectivity index (χ2n) is 5.35. The van der Waals surface area contributed by atoms with E-state index in [0.717, 1.165) is 0 Å². The van der Waals surface area contributed by atoms with Gasteiger partial charge in [0, 0.05) is 22.7 Å². The molecule has 0 saturated carbocycles. The maximum absolute atomic E-state index is 12.6. The Morgan fingerprint density at radius 1 is 1.00 bits per heavy atom. The van der Waals surface area contributed by atoms with Crippen molar-refractivity contribution in [3.05, 3.63) is 71.3 Å². The Balaban J connectivity index is 2.28. The number of aliphatic hydroxyl groups is 1. The van der Waals surface area contributed by atoms with Crippen LogP contribution in [0.3, 0.4) is 0 Å². The van der Waals surface area contributed by atoms with Gasteiger partial charge in [0.05, 0.1) is 0 Å². The monoisotopic (exact) mass is 267 g/mol. The molecule has 3 nitrogen and oxygen atoms in total. The largest absolute Gasteiger partial charge is 0.363 e. The van der Waals surface area contributed by atoms with Crippen LogP contribution in [0.1, 0.15) is 35.3 Å². The lowest BCUT2D eigenvalue weighted by Gasteiger charge is -2.37. The van der Waals surface area contributed by atoms with Gasteiger partial charge in [0.1, 0.15) is 0 Å². The lowest BCUT2D eigenvalue weighted by molar-refractivity contribution is -0.0637. The van der Waals surface area contributed by atoms with Crippen molar-refractivity contribution in [3.63, 3.8) is 0 Å². The second kappa shape index (κ2) is 4.46. The molecule has 1 aliphatic heterocycles. The fraction of sp³-hybridized carbons (Fsp3) is 0.235. The van der Waals surface area contributed by atoms with E-state index in [9.17, 15) is 9.90 Å².